The van der Waals surface area contributed by atoms with Crippen LogP contribution in [-0.2, 0) is 4.79 Å². The average molecular weight is 310 g/mol. The summed E-state index contributed by atoms with van der Waals surface area (Å²) in [5, 5.41) is 0. The van der Waals surface area contributed by atoms with Crippen molar-refractivity contribution in [3.8, 4) is 16.9 Å². The summed E-state index contributed by atoms with van der Waals surface area (Å²) in [6.45, 7) is 4.49. The maximum absolute atomic E-state index is 10.8. The van der Waals surface area contributed by atoms with E-state index in [0.29, 0.717) is 6.42 Å². The van der Waals surface area contributed by atoms with Gasteiger partial charge in [-0.05, 0) is 49.9 Å². The quantitative estimate of drug-likeness (QED) is 0.565. The zero-order chi connectivity index (χ0) is 16.5. The van der Waals surface area contributed by atoms with E-state index in [1.54, 1.807) is 6.92 Å². The first-order valence-electron chi connectivity index (χ1n) is 8.44. The lowest BCUT2D eigenvalue weighted by molar-refractivity contribution is -0.117. The Balaban J connectivity index is 1.71. The van der Waals surface area contributed by atoms with Crippen molar-refractivity contribution in [2.45, 2.75) is 46.0 Å². The molecule has 0 saturated heterocycles. The number of carbonyl (C=O) groups is 1. The Morgan fingerprint density at radius 1 is 0.826 bits per heavy atom. The Bertz CT molecular complexity index is 597. The van der Waals surface area contributed by atoms with Gasteiger partial charge in [-0.3, -0.25) is 0 Å². The molecule has 2 rings (SSSR count). The normalized spacial score (nSPS) is 10.5. The fourth-order valence-electron chi connectivity index (χ4n) is 2.51. The van der Waals surface area contributed by atoms with Gasteiger partial charge >= 0.3 is 0 Å². The summed E-state index contributed by atoms with van der Waals surface area (Å²) < 4.78 is 5.78. The van der Waals surface area contributed by atoms with Gasteiger partial charge in [-0.2, -0.15) is 0 Å². The molecule has 0 aliphatic heterocycles. The van der Waals surface area contributed by atoms with Crippen LogP contribution in [0.1, 0.15) is 44.6 Å². The van der Waals surface area contributed by atoms with Crippen LogP contribution in [0.5, 0.6) is 5.75 Å². The molecule has 23 heavy (non-hydrogen) atoms. The predicted octanol–water partition coefficient (Wildman–Crippen LogP) is 5.58. The maximum Gasteiger partial charge on any atom is 0.129 e. The first kappa shape index (κ1) is 17.3. The highest BCUT2D eigenvalue weighted by Crippen LogP contribution is 2.22. The third kappa shape index (κ3) is 6.27. The van der Waals surface area contributed by atoms with Crippen LogP contribution in [0.15, 0.2) is 48.5 Å². The Kier molecular flexibility index (Phi) is 6.86. The number of rotatable bonds is 9. The summed E-state index contributed by atoms with van der Waals surface area (Å²) in [7, 11) is 0. The van der Waals surface area contributed by atoms with E-state index in [1.807, 2.05) is 12.1 Å². The zero-order valence-corrected chi connectivity index (χ0v) is 14.2. The van der Waals surface area contributed by atoms with Crippen LogP contribution in [0, 0.1) is 6.92 Å². The van der Waals surface area contributed by atoms with Crippen molar-refractivity contribution < 1.29 is 9.53 Å². The first-order chi connectivity index (χ1) is 11.1. The molecule has 0 atom stereocenters. The number of hydrogen-bond donors (Lipinski definition) is 0. The molecule has 0 saturated carbocycles. The second-order valence-corrected chi connectivity index (χ2v) is 6.11. The molecule has 2 aromatic carbocycles. The molecule has 122 valence electrons. The summed E-state index contributed by atoms with van der Waals surface area (Å²) in [4.78, 5) is 10.8. The molecule has 0 aliphatic rings. The summed E-state index contributed by atoms with van der Waals surface area (Å²) in [5.41, 5.74) is 3.71. The topological polar surface area (TPSA) is 26.3 Å². The van der Waals surface area contributed by atoms with Gasteiger partial charge < -0.3 is 9.53 Å². The highest BCUT2D eigenvalue weighted by atomic mass is 16.5. The molecule has 0 radical (unpaired) electrons. The number of benzene rings is 2. The lowest BCUT2D eigenvalue weighted by atomic mass is 10.0. The monoisotopic (exact) mass is 310 g/mol. The van der Waals surface area contributed by atoms with Crippen LogP contribution < -0.4 is 4.74 Å². The van der Waals surface area contributed by atoms with Crippen molar-refractivity contribution in [1.82, 2.24) is 0 Å². The van der Waals surface area contributed by atoms with E-state index in [4.69, 9.17) is 4.74 Å². The van der Waals surface area contributed by atoms with Gasteiger partial charge in [0.05, 0.1) is 6.61 Å². The van der Waals surface area contributed by atoms with Gasteiger partial charge in [0.25, 0.3) is 0 Å². The van der Waals surface area contributed by atoms with E-state index >= 15 is 0 Å². The molecule has 0 heterocycles. The number of ether oxygens (including phenoxy) is 1. The van der Waals surface area contributed by atoms with Crippen LogP contribution in [0.25, 0.3) is 11.1 Å². The standard InChI is InChI=1S/C21H26O2/c1-17-8-10-19(11-9-17)20-12-14-21(15-13-20)23-16-6-4-3-5-7-18(2)22/h8-15H,3-7,16H2,1-2H3. The first-order valence-corrected chi connectivity index (χ1v) is 8.44. The van der Waals surface area contributed by atoms with E-state index in [0.717, 1.165) is 38.0 Å². The van der Waals surface area contributed by atoms with Gasteiger partial charge in [-0.25, -0.2) is 0 Å². The third-order valence-electron chi connectivity index (χ3n) is 3.93. The van der Waals surface area contributed by atoms with Crippen LogP contribution in [0.4, 0.5) is 0 Å². The molecule has 0 fully saturated rings. The van der Waals surface area contributed by atoms with E-state index in [1.165, 1.54) is 16.7 Å². The summed E-state index contributed by atoms with van der Waals surface area (Å²) in [5.74, 6) is 1.21. The van der Waals surface area contributed by atoms with Gasteiger partial charge in [-0.15, -0.1) is 0 Å². The third-order valence-corrected chi connectivity index (χ3v) is 3.93. The van der Waals surface area contributed by atoms with Gasteiger partial charge in [0, 0.05) is 6.42 Å². The van der Waals surface area contributed by atoms with Crippen molar-refractivity contribution >= 4 is 5.78 Å². The predicted molar refractivity (Wildman–Crippen MR) is 95.9 cm³/mol. The average Bonchev–Trinajstić information content (AvgIpc) is 2.55. The number of unbranched alkanes of at least 4 members (excludes halogenated alkanes) is 3. The zero-order valence-electron chi connectivity index (χ0n) is 14.2. The van der Waals surface area contributed by atoms with E-state index < -0.39 is 0 Å². The highest BCUT2D eigenvalue weighted by Gasteiger charge is 1.99. The molecule has 2 aromatic rings. The largest absolute Gasteiger partial charge is 0.494 e. The summed E-state index contributed by atoms with van der Waals surface area (Å²) in [6, 6.07) is 16.8. The number of carbonyl (C=O) groups excluding carboxylic acids is 1. The molecule has 0 spiro atoms. The smallest absolute Gasteiger partial charge is 0.129 e. The van der Waals surface area contributed by atoms with Crippen LogP contribution in [0.3, 0.4) is 0 Å². The van der Waals surface area contributed by atoms with Crippen molar-refractivity contribution in [3.63, 3.8) is 0 Å². The molecule has 2 heteroatoms. The number of hydrogen-bond acceptors (Lipinski definition) is 2. The van der Waals surface area contributed by atoms with E-state index in [2.05, 4.69) is 43.3 Å². The van der Waals surface area contributed by atoms with Crippen molar-refractivity contribution in [1.29, 1.82) is 0 Å². The minimum Gasteiger partial charge on any atom is -0.494 e. The molecule has 0 bridgehead atoms. The molecule has 0 N–H and O–H groups in total. The number of aryl methyl sites for hydroxylation is 1. The summed E-state index contributed by atoms with van der Waals surface area (Å²) >= 11 is 0. The van der Waals surface area contributed by atoms with Crippen molar-refractivity contribution in [2.75, 3.05) is 6.61 Å². The molecular formula is C21H26O2. The number of ketones is 1. The molecule has 0 unspecified atom stereocenters. The molecule has 0 amide bonds. The minimum atomic E-state index is 0.287. The van der Waals surface area contributed by atoms with Crippen LogP contribution >= 0.6 is 0 Å². The Hall–Kier alpha value is -2.09. The highest BCUT2D eigenvalue weighted by molar-refractivity contribution is 5.75. The van der Waals surface area contributed by atoms with E-state index in [9.17, 15) is 4.79 Å². The fourth-order valence-corrected chi connectivity index (χ4v) is 2.51. The molecule has 0 aliphatic carbocycles. The minimum absolute atomic E-state index is 0.287. The SMILES string of the molecule is CC(=O)CCCCCCOc1ccc(-c2ccc(C)cc2)cc1. The maximum atomic E-state index is 10.8. The van der Waals surface area contributed by atoms with Gasteiger partial charge in [0.15, 0.2) is 0 Å². The lowest BCUT2D eigenvalue weighted by Crippen LogP contribution is -1.97. The number of Topliss-reactive ketones (excluding diaryl/α,β-unsaturated/α-hetero) is 1. The van der Waals surface area contributed by atoms with Crippen LogP contribution in [0.2, 0.25) is 0 Å². The molecular weight excluding hydrogens is 284 g/mol. The lowest BCUT2D eigenvalue weighted by Gasteiger charge is -2.08. The summed E-state index contributed by atoms with van der Waals surface area (Å²) in [6.07, 6.45) is 4.98. The second-order valence-electron chi connectivity index (χ2n) is 6.11. The van der Waals surface area contributed by atoms with Gasteiger partial charge in [0.1, 0.15) is 11.5 Å². The molecule has 0 aromatic heterocycles. The van der Waals surface area contributed by atoms with Crippen molar-refractivity contribution in [3.05, 3.63) is 54.1 Å². The Morgan fingerprint density at radius 3 is 2.00 bits per heavy atom. The van der Waals surface area contributed by atoms with Crippen molar-refractivity contribution in [2.24, 2.45) is 0 Å². The molecule has 2 nitrogen and oxygen atoms in total. The van der Waals surface area contributed by atoms with Gasteiger partial charge in [-0.1, -0.05) is 54.8 Å². The Morgan fingerprint density at radius 2 is 1.39 bits per heavy atom. The fraction of sp³-hybridized carbons (Fsp3) is 0.381. The van der Waals surface area contributed by atoms with E-state index in [-0.39, 0.29) is 5.78 Å². The van der Waals surface area contributed by atoms with Crippen LogP contribution in [-0.4, -0.2) is 12.4 Å². The van der Waals surface area contributed by atoms with Gasteiger partial charge in [0.2, 0.25) is 0 Å². The second kappa shape index (κ2) is 9.14. The Labute approximate surface area is 139 Å².